The molecule has 2 atom stereocenters. The summed E-state index contributed by atoms with van der Waals surface area (Å²) in [6, 6.07) is 0. The van der Waals surface area contributed by atoms with Gasteiger partial charge in [0.2, 0.25) is 0 Å². The SMILES string of the molecule is CCCC(O)C1CCCC(C)(C)CC1. The third-order valence-electron chi connectivity index (χ3n) is 3.75. The average Bonchev–Trinajstić information content (AvgIpc) is 2.27. The highest BCUT2D eigenvalue weighted by Crippen LogP contribution is 2.37. The minimum absolute atomic E-state index is 0.0334. The molecule has 0 aliphatic heterocycles. The Hall–Kier alpha value is -0.0400. The van der Waals surface area contributed by atoms with E-state index in [-0.39, 0.29) is 6.10 Å². The Labute approximate surface area is 88.9 Å². The highest BCUT2D eigenvalue weighted by Gasteiger charge is 2.27. The number of rotatable bonds is 3. The van der Waals surface area contributed by atoms with Gasteiger partial charge in [0.25, 0.3) is 0 Å². The first-order valence-electron chi connectivity index (χ1n) is 6.23. The Morgan fingerprint density at radius 2 is 2.00 bits per heavy atom. The first kappa shape index (κ1) is 12.0. The molecule has 1 aliphatic rings. The molecule has 2 unspecified atom stereocenters. The van der Waals surface area contributed by atoms with Gasteiger partial charge in [-0.2, -0.15) is 0 Å². The molecular formula is C13H26O. The van der Waals surface area contributed by atoms with Gasteiger partial charge in [-0.3, -0.25) is 0 Å². The Morgan fingerprint density at radius 3 is 2.64 bits per heavy atom. The molecule has 0 saturated heterocycles. The van der Waals surface area contributed by atoms with Gasteiger partial charge < -0.3 is 5.11 Å². The van der Waals surface area contributed by atoms with E-state index in [9.17, 15) is 5.11 Å². The van der Waals surface area contributed by atoms with E-state index in [0.717, 1.165) is 12.8 Å². The fourth-order valence-electron chi connectivity index (χ4n) is 2.60. The first-order valence-corrected chi connectivity index (χ1v) is 6.23. The van der Waals surface area contributed by atoms with Crippen LogP contribution in [0.4, 0.5) is 0 Å². The lowest BCUT2D eigenvalue weighted by Gasteiger charge is -2.23. The molecule has 84 valence electrons. The molecule has 1 aliphatic carbocycles. The fraction of sp³-hybridized carbons (Fsp3) is 1.00. The van der Waals surface area contributed by atoms with Crippen LogP contribution >= 0.6 is 0 Å². The predicted molar refractivity (Wildman–Crippen MR) is 61.3 cm³/mol. The lowest BCUT2D eigenvalue weighted by Crippen LogP contribution is -2.20. The number of hydrogen-bond donors (Lipinski definition) is 1. The molecule has 0 amide bonds. The van der Waals surface area contributed by atoms with Crippen LogP contribution < -0.4 is 0 Å². The molecule has 0 spiro atoms. The van der Waals surface area contributed by atoms with E-state index in [0.29, 0.717) is 11.3 Å². The molecule has 1 saturated carbocycles. The predicted octanol–water partition coefficient (Wildman–Crippen LogP) is 3.75. The summed E-state index contributed by atoms with van der Waals surface area (Å²) in [4.78, 5) is 0. The molecular weight excluding hydrogens is 172 g/mol. The summed E-state index contributed by atoms with van der Waals surface area (Å²) >= 11 is 0. The maximum Gasteiger partial charge on any atom is 0.0568 e. The van der Waals surface area contributed by atoms with Crippen LogP contribution in [-0.2, 0) is 0 Å². The second-order valence-corrected chi connectivity index (χ2v) is 5.71. The quantitative estimate of drug-likeness (QED) is 0.685. The second kappa shape index (κ2) is 5.16. The van der Waals surface area contributed by atoms with Gasteiger partial charge in [0.1, 0.15) is 0 Å². The topological polar surface area (TPSA) is 20.2 Å². The molecule has 14 heavy (non-hydrogen) atoms. The third kappa shape index (κ3) is 3.61. The molecule has 1 fully saturated rings. The average molecular weight is 198 g/mol. The molecule has 0 heterocycles. The van der Waals surface area contributed by atoms with Crippen LogP contribution in [0.25, 0.3) is 0 Å². The summed E-state index contributed by atoms with van der Waals surface area (Å²) in [5.41, 5.74) is 0.515. The van der Waals surface area contributed by atoms with E-state index in [1.54, 1.807) is 0 Å². The van der Waals surface area contributed by atoms with Gasteiger partial charge >= 0.3 is 0 Å². The highest BCUT2D eigenvalue weighted by atomic mass is 16.3. The lowest BCUT2D eigenvalue weighted by molar-refractivity contribution is 0.0877. The third-order valence-corrected chi connectivity index (χ3v) is 3.75. The Bertz CT molecular complexity index is 163. The summed E-state index contributed by atoms with van der Waals surface area (Å²) in [6.45, 7) is 6.88. The van der Waals surface area contributed by atoms with Gasteiger partial charge in [-0.25, -0.2) is 0 Å². The molecule has 0 aromatic rings. The normalized spacial score (nSPS) is 29.6. The monoisotopic (exact) mass is 198 g/mol. The molecule has 1 rings (SSSR count). The Kier molecular flexibility index (Phi) is 4.43. The van der Waals surface area contributed by atoms with E-state index in [1.807, 2.05) is 0 Å². The zero-order valence-corrected chi connectivity index (χ0v) is 10.1. The molecule has 0 aromatic heterocycles. The van der Waals surface area contributed by atoms with E-state index in [1.165, 1.54) is 32.1 Å². The van der Waals surface area contributed by atoms with Crippen molar-refractivity contribution in [3.63, 3.8) is 0 Å². The Balaban J connectivity index is 2.41. The maximum atomic E-state index is 9.97. The van der Waals surface area contributed by atoms with Gasteiger partial charge in [0.15, 0.2) is 0 Å². The minimum Gasteiger partial charge on any atom is -0.393 e. The van der Waals surface area contributed by atoms with Crippen molar-refractivity contribution in [3.05, 3.63) is 0 Å². The Morgan fingerprint density at radius 1 is 1.29 bits per heavy atom. The van der Waals surface area contributed by atoms with Crippen molar-refractivity contribution < 1.29 is 5.11 Å². The maximum absolute atomic E-state index is 9.97. The summed E-state index contributed by atoms with van der Waals surface area (Å²) in [6.07, 6.45) is 8.47. The van der Waals surface area contributed by atoms with Crippen molar-refractivity contribution in [1.82, 2.24) is 0 Å². The molecule has 0 radical (unpaired) electrons. The van der Waals surface area contributed by atoms with Crippen molar-refractivity contribution in [2.75, 3.05) is 0 Å². The van der Waals surface area contributed by atoms with Gasteiger partial charge in [-0.1, -0.05) is 33.6 Å². The van der Waals surface area contributed by atoms with Crippen LogP contribution in [0.2, 0.25) is 0 Å². The fourth-order valence-corrected chi connectivity index (χ4v) is 2.60. The molecule has 0 aromatic carbocycles. The van der Waals surface area contributed by atoms with Crippen molar-refractivity contribution in [3.8, 4) is 0 Å². The summed E-state index contributed by atoms with van der Waals surface area (Å²) in [7, 11) is 0. The second-order valence-electron chi connectivity index (χ2n) is 5.71. The van der Waals surface area contributed by atoms with E-state index in [4.69, 9.17) is 0 Å². The zero-order chi connectivity index (χ0) is 10.6. The summed E-state index contributed by atoms with van der Waals surface area (Å²) in [5, 5.41) is 9.97. The molecule has 1 nitrogen and oxygen atoms in total. The van der Waals surface area contributed by atoms with Gasteiger partial charge in [-0.05, 0) is 43.4 Å². The van der Waals surface area contributed by atoms with Crippen LogP contribution in [0.15, 0.2) is 0 Å². The van der Waals surface area contributed by atoms with E-state index >= 15 is 0 Å². The molecule has 1 heteroatoms. The van der Waals surface area contributed by atoms with Crippen LogP contribution in [0.3, 0.4) is 0 Å². The number of hydrogen-bond acceptors (Lipinski definition) is 1. The molecule has 0 bridgehead atoms. The van der Waals surface area contributed by atoms with Crippen molar-refractivity contribution >= 4 is 0 Å². The van der Waals surface area contributed by atoms with Gasteiger partial charge in [-0.15, -0.1) is 0 Å². The van der Waals surface area contributed by atoms with Crippen molar-refractivity contribution in [1.29, 1.82) is 0 Å². The standard InChI is InChI=1S/C13H26O/c1-4-6-12(14)11-7-5-9-13(2,3)10-8-11/h11-12,14H,4-10H2,1-3H3. The van der Waals surface area contributed by atoms with Gasteiger partial charge in [0, 0.05) is 0 Å². The highest BCUT2D eigenvalue weighted by molar-refractivity contribution is 4.79. The lowest BCUT2D eigenvalue weighted by atomic mass is 9.84. The van der Waals surface area contributed by atoms with Crippen LogP contribution in [0.1, 0.15) is 65.7 Å². The van der Waals surface area contributed by atoms with Crippen LogP contribution in [0, 0.1) is 11.3 Å². The zero-order valence-electron chi connectivity index (χ0n) is 10.1. The van der Waals surface area contributed by atoms with Crippen molar-refractivity contribution in [2.24, 2.45) is 11.3 Å². The minimum atomic E-state index is -0.0334. The molecule has 1 N–H and O–H groups in total. The largest absolute Gasteiger partial charge is 0.393 e. The van der Waals surface area contributed by atoms with Gasteiger partial charge in [0.05, 0.1) is 6.10 Å². The summed E-state index contributed by atoms with van der Waals surface area (Å²) < 4.78 is 0. The van der Waals surface area contributed by atoms with E-state index in [2.05, 4.69) is 20.8 Å². The summed E-state index contributed by atoms with van der Waals surface area (Å²) in [5.74, 6) is 0.580. The van der Waals surface area contributed by atoms with E-state index < -0.39 is 0 Å². The first-order chi connectivity index (χ1) is 6.55. The number of aliphatic hydroxyl groups is 1. The smallest absolute Gasteiger partial charge is 0.0568 e. The number of aliphatic hydroxyl groups excluding tert-OH is 1. The van der Waals surface area contributed by atoms with Crippen LogP contribution in [0.5, 0.6) is 0 Å². The van der Waals surface area contributed by atoms with Crippen molar-refractivity contribution in [2.45, 2.75) is 71.8 Å². The van der Waals surface area contributed by atoms with Crippen LogP contribution in [-0.4, -0.2) is 11.2 Å².